The monoisotopic (exact) mass is 252 g/mol. The van der Waals surface area contributed by atoms with Crippen LogP contribution >= 0.6 is 11.6 Å². The highest BCUT2D eigenvalue weighted by Crippen LogP contribution is 2.27. The van der Waals surface area contributed by atoms with Crippen molar-refractivity contribution in [3.63, 3.8) is 0 Å². The SMILES string of the molecule is COC(=O)c1cc(N)cc(Cl)c1-n1cncn1. The minimum absolute atomic E-state index is 0.239. The summed E-state index contributed by atoms with van der Waals surface area (Å²) in [4.78, 5) is 15.4. The van der Waals surface area contributed by atoms with Crippen LogP contribution in [0.25, 0.3) is 5.69 Å². The number of carbonyl (C=O) groups excluding carboxylic acids is 1. The van der Waals surface area contributed by atoms with Crippen molar-refractivity contribution in [3.8, 4) is 5.69 Å². The Morgan fingerprint density at radius 1 is 1.53 bits per heavy atom. The quantitative estimate of drug-likeness (QED) is 0.643. The molecule has 2 rings (SSSR count). The number of esters is 1. The molecule has 0 aliphatic heterocycles. The van der Waals surface area contributed by atoms with Crippen LogP contribution in [0.5, 0.6) is 0 Å². The number of anilines is 1. The zero-order valence-electron chi connectivity index (χ0n) is 8.92. The van der Waals surface area contributed by atoms with Gasteiger partial charge in [0, 0.05) is 5.69 Å². The number of hydrogen-bond acceptors (Lipinski definition) is 5. The Labute approximate surface area is 102 Å². The van der Waals surface area contributed by atoms with Crippen LogP contribution in [0, 0.1) is 0 Å². The maximum atomic E-state index is 11.6. The number of methoxy groups -OCH3 is 1. The molecular formula is C10H9ClN4O2. The fraction of sp³-hybridized carbons (Fsp3) is 0.100. The fourth-order valence-electron chi connectivity index (χ4n) is 1.44. The third kappa shape index (κ3) is 2.07. The summed E-state index contributed by atoms with van der Waals surface area (Å²) >= 11 is 6.05. The Bertz CT molecular complexity index is 554. The third-order valence-corrected chi connectivity index (χ3v) is 2.43. The molecule has 0 saturated carbocycles. The summed E-state index contributed by atoms with van der Waals surface area (Å²) in [6, 6.07) is 3.01. The lowest BCUT2D eigenvalue weighted by Crippen LogP contribution is -2.10. The summed E-state index contributed by atoms with van der Waals surface area (Å²) in [5.74, 6) is -0.537. The number of hydrogen-bond donors (Lipinski definition) is 1. The molecule has 0 radical (unpaired) electrons. The predicted molar refractivity (Wildman–Crippen MR) is 62.1 cm³/mol. The van der Waals surface area contributed by atoms with E-state index in [1.165, 1.54) is 36.6 Å². The summed E-state index contributed by atoms with van der Waals surface area (Å²) in [5.41, 5.74) is 6.64. The number of nitrogens with zero attached hydrogens (tertiary/aromatic N) is 3. The molecule has 0 atom stereocenters. The van der Waals surface area contributed by atoms with E-state index in [1.807, 2.05) is 0 Å². The molecule has 1 heterocycles. The molecule has 1 aromatic heterocycles. The number of carbonyl (C=O) groups is 1. The van der Waals surface area contributed by atoms with Crippen molar-refractivity contribution in [2.45, 2.75) is 0 Å². The van der Waals surface area contributed by atoms with Gasteiger partial charge in [-0.1, -0.05) is 11.6 Å². The first-order valence-electron chi connectivity index (χ1n) is 4.66. The van der Waals surface area contributed by atoms with Crippen molar-refractivity contribution >= 4 is 23.3 Å². The van der Waals surface area contributed by atoms with Gasteiger partial charge in [-0.05, 0) is 12.1 Å². The molecule has 0 aliphatic carbocycles. The van der Waals surface area contributed by atoms with Crippen molar-refractivity contribution in [2.75, 3.05) is 12.8 Å². The zero-order valence-corrected chi connectivity index (χ0v) is 9.68. The Hall–Kier alpha value is -2.08. The first-order valence-corrected chi connectivity index (χ1v) is 5.03. The summed E-state index contributed by atoms with van der Waals surface area (Å²) in [7, 11) is 1.28. The van der Waals surface area contributed by atoms with Gasteiger partial charge >= 0.3 is 5.97 Å². The van der Waals surface area contributed by atoms with Crippen LogP contribution in [0.15, 0.2) is 24.8 Å². The second-order valence-corrected chi connectivity index (χ2v) is 3.64. The molecule has 0 fully saturated rings. The van der Waals surface area contributed by atoms with Crippen molar-refractivity contribution in [1.82, 2.24) is 14.8 Å². The van der Waals surface area contributed by atoms with Gasteiger partial charge in [-0.15, -0.1) is 0 Å². The predicted octanol–water partition coefficient (Wildman–Crippen LogP) is 1.29. The Kier molecular flexibility index (Phi) is 2.97. The molecule has 88 valence electrons. The molecule has 0 aliphatic rings. The van der Waals surface area contributed by atoms with E-state index >= 15 is 0 Å². The van der Waals surface area contributed by atoms with Gasteiger partial charge in [0.1, 0.15) is 12.7 Å². The molecule has 17 heavy (non-hydrogen) atoms. The van der Waals surface area contributed by atoms with E-state index in [1.54, 1.807) is 0 Å². The van der Waals surface area contributed by atoms with Gasteiger partial charge in [0.15, 0.2) is 0 Å². The average molecular weight is 253 g/mol. The lowest BCUT2D eigenvalue weighted by molar-refractivity contribution is 0.0600. The Balaban J connectivity index is 2.68. The number of nitrogen functional groups attached to an aromatic ring is 1. The van der Waals surface area contributed by atoms with Crippen molar-refractivity contribution in [3.05, 3.63) is 35.4 Å². The van der Waals surface area contributed by atoms with E-state index in [0.717, 1.165) is 0 Å². The maximum Gasteiger partial charge on any atom is 0.340 e. The van der Waals surface area contributed by atoms with Crippen LogP contribution in [-0.4, -0.2) is 27.8 Å². The molecule has 0 bridgehead atoms. The number of ether oxygens (including phenoxy) is 1. The van der Waals surface area contributed by atoms with E-state index < -0.39 is 5.97 Å². The second-order valence-electron chi connectivity index (χ2n) is 3.23. The normalized spacial score (nSPS) is 10.2. The van der Waals surface area contributed by atoms with Crippen LogP contribution in [0.2, 0.25) is 5.02 Å². The van der Waals surface area contributed by atoms with E-state index in [4.69, 9.17) is 17.3 Å². The van der Waals surface area contributed by atoms with Crippen LogP contribution in [0.1, 0.15) is 10.4 Å². The molecule has 0 amide bonds. The van der Waals surface area contributed by atoms with Crippen molar-refractivity contribution in [2.24, 2.45) is 0 Å². The van der Waals surface area contributed by atoms with Crippen molar-refractivity contribution in [1.29, 1.82) is 0 Å². The first-order chi connectivity index (χ1) is 8.13. The van der Waals surface area contributed by atoms with E-state index in [9.17, 15) is 4.79 Å². The standard InChI is InChI=1S/C10H9ClN4O2/c1-17-10(16)7-2-6(12)3-8(11)9(7)15-5-13-4-14-15/h2-5H,12H2,1H3. The van der Waals surface area contributed by atoms with E-state index in [-0.39, 0.29) is 5.56 Å². The summed E-state index contributed by atoms with van der Waals surface area (Å²) in [5, 5.41) is 4.23. The number of halogens is 1. The van der Waals surface area contributed by atoms with Gasteiger partial charge in [-0.3, -0.25) is 0 Å². The minimum atomic E-state index is -0.537. The Morgan fingerprint density at radius 3 is 2.88 bits per heavy atom. The lowest BCUT2D eigenvalue weighted by Gasteiger charge is -2.10. The molecule has 7 heteroatoms. The zero-order chi connectivity index (χ0) is 12.4. The Morgan fingerprint density at radius 2 is 2.29 bits per heavy atom. The summed E-state index contributed by atoms with van der Waals surface area (Å²) in [6.07, 6.45) is 2.78. The van der Waals surface area contributed by atoms with Gasteiger partial charge in [0.05, 0.1) is 23.4 Å². The second kappa shape index (κ2) is 4.42. The molecule has 6 nitrogen and oxygen atoms in total. The molecule has 2 N–H and O–H groups in total. The molecule has 2 aromatic rings. The molecule has 1 aromatic carbocycles. The molecule has 0 unspecified atom stereocenters. The van der Waals surface area contributed by atoms with Crippen LogP contribution in [0.4, 0.5) is 5.69 Å². The van der Waals surface area contributed by atoms with Crippen LogP contribution < -0.4 is 5.73 Å². The highest BCUT2D eigenvalue weighted by Gasteiger charge is 2.18. The van der Waals surface area contributed by atoms with Gasteiger partial charge in [-0.2, -0.15) is 5.10 Å². The maximum absolute atomic E-state index is 11.6. The van der Waals surface area contributed by atoms with Crippen molar-refractivity contribution < 1.29 is 9.53 Å². The first kappa shape index (κ1) is 11.4. The highest BCUT2D eigenvalue weighted by atomic mass is 35.5. The summed E-state index contributed by atoms with van der Waals surface area (Å²) < 4.78 is 6.05. The number of nitrogens with two attached hydrogens (primary N) is 1. The van der Waals surface area contributed by atoms with Gasteiger partial charge in [0.25, 0.3) is 0 Å². The summed E-state index contributed by atoms with van der Waals surface area (Å²) in [6.45, 7) is 0. The highest BCUT2D eigenvalue weighted by molar-refractivity contribution is 6.33. The molecule has 0 spiro atoms. The lowest BCUT2D eigenvalue weighted by atomic mass is 10.1. The number of benzene rings is 1. The topological polar surface area (TPSA) is 83.0 Å². The van der Waals surface area contributed by atoms with Gasteiger partial charge < -0.3 is 10.5 Å². The van der Waals surface area contributed by atoms with Gasteiger partial charge in [-0.25, -0.2) is 14.5 Å². The molecular weight excluding hydrogens is 244 g/mol. The smallest absolute Gasteiger partial charge is 0.340 e. The van der Waals surface area contributed by atoms with E-state index in [0.29, 0.717) is 16.4 Å². The number of rotatable bonds is 2. The number of aromatic nitrogens is 3. The van der Waals surface area contributed by atoms with Crippen LogP contribution in [0.3, 0.4) is 0 Å². The largest absolute Gasteiger partial charge is 0.465 e. The average Bonchev–Trinajstić information content (AvgIpc) is 2.80. The van der Waals surface area contributed by atoms with Gasteiger partial charge in [0.2, 0.25) is 0 Å². The van der Waals surface area contributed by atoms with Crippen LogP contribution in [-0.2, 0) is 4.74 Å². The third-order valence-electron chi connectivity index (χ3n) is 2.14. The fourth-order valence-corrected chi connectivity index (χ4v) is 1.76. The van der Waals surface area contributed by atoms with E-state index in [2.05, 4.69) is 14.8 Å². The molecule has 0 saturated heterocycles. The minimum Gasteiger partial charge on any atom is -0.465 e.